The summed E-state index contributed by atoms with van der Waals surface area (Å²) in [6.07, 6.45) is 12.6. The number of likely N-dealkylation sites (tertiary alicyclic amines) is 3. The standard InChI is InChI=1S/C9H19NO.2C9H19N/c1-3-9-4-6-10(7-5-9)8-11-2;1-3-9-5-7-10(4-2)8-6-9;1-3-9-6-5-7-10(4-2)8-9/h9H,3-8H2,1-2H3;2*9H,3-8H2,1-2H3. The number of piperidine rings is 3. The van der Waals surface area contributed by atoms with Gasteiger partial charge in [0.15, 0.2) is 0 Å². The highest BCUT2D eigenvalue weighted by Gasteiger charge is 2.17. The van der Waals surface area contributed by atoms with Crippen LogP contribution < -0.4 is 0 Å². The average Bonchev–Trinajstić information content (AvgIpc) is 2.85. The van der Waals surface area contributed by atoms with Gasteiger partial charge in [-0.25, -0.2) is 0 Å². The Kier molecular flexibility index (Phi) is 17.0. The fourth-order valence-electron chi connectivity index (χ4n) is 5.19. The van der Waals surface area contributed by atoms with Gasteiger partial charge in [-0.15, -0.1) is 0 Å². The number of rotatable bonds is 7. The van der Waals surface area contributed by atoms with Crippen LogP contribution in [0, 0.1) is 17.8 Å². The van der Waals surface area contributed by atoms with Crippen molar-refractivity contribution in [3.05, 3.63) is 0 Å². The predicted molar refractivity (Wildman–Crippen MR) is 137 cm³/mol. The van der Waals surface area contributed by atoms with Crippen molar-refractivity contribution in [2.75, 3.05) is 66.2 Å². The first-order valence-electron chi connectivity index (χ1n) is 13.8. The first-order chi connectivity index (χ1) is 15.1. The molecule has 0 spiro atoms. The van der Waals surface area contributed by atoms with Crippen LogP contribution in [-0.4, -0.2) is 80.9 Å². The number of ether oxygens (including phenoxy) is 1. The molecule has 3 heterocycles. The third kappa shape index (κ3) is 12.6. The zero-order valence-electron chi connectivity index (χ0n) is 22.2. The lowest BCUT2D eigenvalue weighted by molar-refractivity contribution is 0.0390. The summed E-state index contributed by atoms with van der Waals surface area (Å²) in [5, 5.41) is 0. The number of hydrogen-bond donors (Lipinski definition) is 0. The lowest BCUT2D eigenvalue weighted by Gasteiger charge is -2.31. The molecule has 0 N–H and O–H groups in total. The van der Waals surface area contributed by atoms with E-state index in [1.54, 1.807) is 7.11 Å². The van der Waals surface area contributed by atoms with Crippen LogP contribution in [0.25, 0.3) is 0 Å². The van der Waals surface area contributed by atoms with Gasteiger partial charge in [0, 0.05) is 26.7 Å². The Morgan fingerprint density at radius 1 is 0.581 bits per heavy atom. The van der Waals surface area contributed by atoms with E-state index >= 15 is 0 Å². The fourth-order valence-corrected chi connectivity index (χ4v) is 5.19. The van der Waals surface area contributed by atoms with Gasteiger partial charge in [0.1, 0.15) is 0 Å². The highest BCUT2D eigenvalue weighted by Crippen LogP contribution is 2.20. The van der Waals surface area contributed by atoms with Crippen LogP contribution in [0.15, 0.2) is 0 Å². The fraction of sp³-hybridized carbons (Fsp3) is 1.00. The molecule has 186 valence electrons. The maximum atomic E-state index is 5.08. The van der Waals surface area contributed by atoms with E-state index in [2.05, 4.69) is 49.3 Å². The van der Waals surface area contributed by atoms with Crippen LogP contribution >= 0.6 is 0 Å². The molecule has 0 aromatic carbocycles. The molecular formula is C27H57N3O. The molecule has 3 aliphatic heterocycles. The summed E-state index contributed by atoms with van der Waals surface area (Å²) in [5.41, 5.74) is 0. The van der Waals surface area contributed by atoms with Gasteiger partial charge in [0.25, 0.3) is 0 Å². The Balaban J connectivity index is 0.000000233. The molecule has 0 aromatic rings. The molecule has 31 heavy (non-hydrogen) atoms. The van der Waals surface area contributed by atoms with E-state index in [9.17, 15) is 0 Å². The highest BCUT2D eigenvalue weighted by molar-refractivity contribution is 4.71. The number of nitrogens with zero attached hydrogens (tertiary/aromatic N) is 3. The maximum Gasteiger partial charge on any atom is 0.0986 e. The Hall–Kier alpha value is -0.160. The summed E-state index contributed by atoms with van der Waals surface area (Å²) >= 11 is 0. The average molecular weight is 440 g/mol. The van der Waals surface area contributed by atoms with E-state index in [-0.39, 0.29) is 0 Å². The molecule has 4 heteroatoms. The lowest BCUT2D eigenvalue weighted by Crippen LogP contribution is -2.34. The molecule has 3 fully saturated rings. The third-order valence-corrected chi connectivity index (χ3v) is 7.96. The molecule has 3 aliphatic rings. The molecule has 0 amide bonds. The van der Waals surface area contributed by atoms with E-state index in [1.165, 1.54) is 110 Å². The van der Waals surface area contributed by atoms with Gasteiger partial charge in [-0.3, -0.25) is 4.90 Å². The zero-order chi connectivity index (χ0) is 22.9. The SMILES string of the molecule is CCC1CCCN(CC)C1.CCC1CCN(CC)CC1.CCC1CCN(COC)CC1. The normalized spacial score (nSPS) is 24.8. The Bertz CT molecular complexity index is 368. The van der Waals surface area contributed by atoms with Gasteiger partial charge in [0.2, 0.25) is 0 Å². The van der Waals surface area contributed by atoms with Crippen LogP contribution in [0.5, 0.6) is 0 Å². The first-order valence-corrected chi connectivity index (χ1v) is 13.8. The molecule has 1 atom stereocenters. The first kappa shape index (κ1) is 28.9. The second-order valence-electron chi connectivity index (χ2n) is 9.98. The van der Waals surface area contributed by atoms with Crippen LogP contribution in [0.1, 0.15) is 92.4 Å². The van der Waals surface area contributed by atoms with Gasteiger partial charge in [-0.1, -0.05) is 53.9 Å². The van der Waals surface area contributed by atoms with Crippen molar-refractivity contribution in [2.45, 2.75) is 92.4 Å². The smallest absolute Gasteiger partial charge is 0.0986 e. The minimum atomic E-state index is 0.816. The Morgan fingerprint density at radius 3 is 1.48 bits per heavy atom. The van der Waals surface area contributed by atoms with Gasteiger partial charge in [0.05, 0.1) is 6.73 Å². The molecular weight excluding hydrogens is 382 g/mol. The lowest BCUT2D eigenvalue weighted by atomic mass is 9.95. The molecule has 0 aliphatic carbocycles. The second-order valence-corrected chi connectivity index (χ2v) is 9.98. The predicted octanol–water partition coefficient (Wildman–Crippen LogP) is 5.97. The second kappa shape index (κ2) is 18.3. The quantitative estimate of drug-likeness (QED) is 0.486. The summed E-state index contributed by atoms with van der Waals surface area (Å²) in [4.78, 5) is 7.50. The van der Waals surface area contributed by atoms with Gasteiger partial charge >= 0.3 is 0 Å². The van der Waals surface area contributed by atoms with E-state index in [0.717, 1.165) is 24.5 Å². The molecule has 0 radical (unpaired) electrons. The molecule has 0 aromatic heterocycles. The zero-order valence-corrected chi connectivity index (χ0v) is 22.2. The summed E-state index contributed by atoms with van der Waals surface area (Å²) in [5.74, 6) is 3.00. The van der Waals surface area contributed by atoms with E-state index in [0.29, 0.717) is 0 Å². The topological polar surface area (TPSA) is 19.0 Å². The Labute approximate surface area is 196 Å². The van der Waals surface area contributed by atoms with Crippen LogP contribution in [0.4, 0.5) is 0 Å². The molecule has 3 saturated heterocycles. The van der Waals surface area contributed by atoms with E-state index < -0.39 is 0 Å². The largest absolute Gasteiger partial charge is 0.369 e. The van der Waals surface area contributed by atoms with Gasteiger partial charge in [-0.2, -0.15) is 0 Å². The molecule has 4 nitrogen and oxygen atoms in total. The Morgan fingerprint density at radius 2 is 1.06 bits per heavy atom. The molecule has 1 unspecified atom stereocenters. The summed E-state index contributed by atoms with van der Waals surface area (Å²) in [7, 11) is 1.77. The highest BCUT2D eigenvalue weighted by atomic mass is 16.5. The van der Waals surface area contributed by atoms with Crippen LogP contribution in [-0.2, 0) is 4.74 Å². The summed E-state index contributed by atoms with van der Waals surface area (Å²) in [6.45, 7) is 22.6. The molecule has 3 rings (SSSR count). The third-order valence-electron chi connectivity index (χ3n) is 7.96. The van der Waals surface area contributed by atoms with Crippen LogP contribution in [0.3, 0.4) is 0 Å². The summed E-state index contributed by atoms with van der Waals surface area (Å²) < 4.78 is 5.08. The van der Waals surface area contributed by atoms with Crippen molar-refractivity contribution in [3.63, 3.8) is 0 Å². The summed E-state index contributed by atoms with van der Waals surface area (Å²) in [6, 6.07) is 0. The minimum absolute atomic E-state index is 0.816. The van der Waals surface area contributed by atoms with E-state index in [1.807, 2.05) is 0 Å². The van der Waals surface area contributed by atoms with Crippen molar-refractivity contribution in [1.82, 2.24) is 14.7 Å². The minimum Gasteiger partial charge on any atom is -0.369 e. The van der Waals surface area contributed by atoms with Crippen molar-refractivity contribution < 1.29 is 4.74 Å². The van der Waals surface area contributed by atoms with Crippen molar-refractivity contribution in [1.29, 1.82) is 0 Å². The number of methoxy groups -OCH3 is 1. The van der Waals surface area contributed by atoms with Gasteiger partial charge < -0.3 is 14.5 Å². The van der Waals surface area contributed by atoms with Crippen molar-refractivity contribution in [3.8, 4) is 0 Å². The van der Waals surface area contributed by atoms with Crippen molar-refractivity contribution >= 4 is 0 Å². The molecule has 0 bridgehead atoms. The maximum absolute atomic E-state index is 5.08. The molecule has 0 saturated carbocycles. The monoisotopic (exact) mass is 439 g/mol. The number of hydrogen-bond acceptors (Lipinski definition) is 4. The van der Waals surface area contributed by atoms with Crippen molar-refractivity contribution in [2.24, 2.45) is 17.8 Å². The van der Waals surface area contributed by atoms with Crippen LogP contribution in [0.2, 0.25) is 0 Å². The van der Waals surface area contributed by atoms with Gasteiger partial charge in [-0.05, 0) is 89.0 Å². The van der Waals surface area contributed by atoms with E-state index in [4.69, 9.17) is 4.74 Å².